The number of aliphatic carboxylic acids is 1. The number of carboxylic acids is 1. The Kier molecular flexibility index (Phi) is 7.59. The number of thiazole rings is 1. The molecule has 2 aliphatic rings. The van der Waals surface area contributed by atoms with E-state index in [1.54, 1.807) is 12.3 Å². The van der Waals surface area contributed by atoms with Crippen molar-refractivity contribution in [2.75, 3.05) is 30.5 Å². The molecule has 0 bridgehead atoms. The molecule has 0 spiro atoms. The average molecular weight is 603 g/mol. The van der Waals surface area contributed by atoms with Gasteiger partial charge in [-0.15, -0.1) is 23.1 Å². The van der Waals surface area contributed by atoms with Crippen LogP contribution >= 0.6 is 34.4 Å². The van der Waals surface area contributed by atoms with Gasteiger partial charge in [0.2, 0.25) is 5.91 Å². The first kappa shape index (κ1) is 27.4. The number of hydrogen-bond acceptors (Lipinski definition) is 13. The summed E-state index contributed by atoms with van der Waals surface area (Å²) in [5, 5.41) is 25.4. The lowest BCUT2D eigenvalue weighted by Gasteiger charge is -2.50. The lowest BCUT2D eigenvalue weighted by atomic mass is 10.0. The summed E-state index contributed by atoms with van der Waals surface area (Å²) in [5.41, 5.74) is 11.9. The van der Waals surface area contributed by atoms with Crippen LogP contribution in [0.4, 0.5) is 10.8 Å². The van der Waals surface area contributed by atoms with E-state index in [4.69, 9.17) is 16.3 Å². The molecule has 14 nitrogen and oxygen atoms in total. The van der Waals surface area contributed by atoms with Crippen molar-refractivity contribution in [1.29, 1.82) is 0 Å². The monoisotopic (exact) mass is 602 g/mol. The van der Waals surface area contributed by atoms with Gasteiger partial charge in [-0.05, 0) is 6.07 Å². The van der Waals surface area contributed by atoms with E-state index in [0.717, 1.165) is 32.1 Å². The third-order valence-electron chi connectivity index (χ3n) is 6.10. The summed E-state index contributed by atoms with van der Waals surface area (Å²) in [6.45, 7) is 0.164. The molecule has 3 aromatic rings. The zero-order valence-electron chi connectivity index (χ0n) is 20.8. The predicted molar refractivity (Wildman–Crippen MR) is 147 cm³/mol. The number of pyridine rings is 1. The van der Waals surface area contributed by atoms with Crippen LogP contribution in [0.25, 0.3) is 10.2 Å². The van der Waals surface area contributed by atoms with Crippen LogP contribution in [0.3, 0.4) is 0 Å². The molecule has 5 heterocycles. The number of oxime groups is 1. The van der Waals surface area contributed by atoms with Crippen molar-refractivity contribution >= 4 is 84.9 Å². The van der Waals surface area contributed by atoms with E-state index in [1.165, 1.54) is 35.6 Å². The first-order chi connectivity index (χ1) is 19.2. The maximum atomic E-state index is 13.1. The van der Waals surface area contributed by atoms with Crippen LogP contribution in [0.2, 0.25) is 0 Å². The molecule has 40 heavy (non-hydrogen) atoms. The van der Waals surface area contributed by atoms with Gasteiger partial charge in [0, 0.05) is 28.2 Å². The van der Waals surface area contributed by atoms with Gasteiger partial charge in [0.15, 0.2) is 23.6 Å². The Labute approximate surface area is 238 Å². The molecule has 208 valence electrons. The highest BCUT2D eigenvalue weighted by Crippen LogP contribution is 2.40. The van der Waals surface area contributed by atoms with Crippen LogP contribution in [0.1, 0.15) is 5.69 Å². The van der Waals surface area contributed by atoms with Crippen LogP contribution in [0.15, 0.2) is 45.5 Å². The second-order valence-corrected chi connectivity index (χ2v) is 11.5. The van der Waals surface area contributed by atoms with Gasteiger partial charge in [-0.2, -0.15) is 4.57 Å². The molecule has 2 atom stereocenters. The van der Waals surface area contributed by atoms with Crippen LogP contribution in [-0.4, -0.2) is 70.1 Å². The van der Waals surface area contributed by atoms with Gasteiger partial charge in [0.1, 0.15) is 24.2 Å². The zero-order valence-corrected chi connectivity index (χ0v) is 23.2. The quantitative estimate of drug-likeness (QED) is 0.0921. The summed E-state index contributed by atoms with van der Waals surface area (Å²) in [5.74, 6) is -3.00. The molecule has 5 rings (SSSR count). The van der Waals surface area contributed by atoms with Crippen LogP contribution < -0.4 is 31.8 Å². The van der Waals surface area contributed by atoms with Crippen molar-refractivity contribution in [3.63, 3.8) is 0 Å². The fourth-order valence-electron chi connectivity index (χ4n) is 4.40. The highest BCUT2D eigenvalue weighted by molar-refractivity contribution is 8.00. The molecule has 0 saturated carbocycles. The minimum absolute atomic E-state index is 0.0236. The molecule has 0 radical (unpaired) electrons. The van der Waals surface area contributed by atoms with E-state index in [1.807, 2.05) is 16.0 Å². The Morgan fingerprint density at radius 3 is 2.80 bits per heavy atom. The molecule has 2 aliphatic heterocycles. The average Bonchev–Trinajstić information content (AvgIpc) is 3.55. The van der Waals surface area contributed by atoms with Crippen molar-refractivity contribution in [2.45, 2.75) is 18.0 Å². The zero-order chi connectivity index (χ0) is 28.6. The predicted octanol–water partition coefficient (Wildman–Crippen LogP) is -1.42. The van der Waals surface area contributed by atoms with Crippen molar-refractivity contribution in [1.82, 2.24) is 15.2 Å². The summed E-state index contributed by atoms with van der Waals surface area (Å²) in [4.78, 5) is 60.3. The molecule has 3 aromatic heterocycles. The van der Waals surface area contributed by atoms with Crippen molar-refractivity contribution in [2.24, 2.45) is 10.9 Å². The molecule has 1 unspecified atom stereocenters. The fraction of sp³-hybridized carbons (Fsp3) is 0.261. The SMILES string of the molecule is CO/N=C(\C(=O)NC1C(=O)N2C(C(=O)[O-])=C(C[n+]3cccc4c(NCC(N)=O)csc43)CS[C@H]12)c1csc(N)n1. The molecule has 1 fully saturated rings. The normalized spacial score (nSPS) is 18.8. The summed E-state index contributed by atoms with van der Waals surface area (Å²) < 4.78 is 1.87. The maximum absolute atomic E-state index is 13.1. The number of nitrogens with zero attached hydrogens (tertiary/aromatic N) is 4. The van der Waals surface area contributed by atoms with E-state index >= 15 is 0 Å². The number of nitrogens with one attached hydrogen (secondary N) is 2. The van der Waals surface area contributed by atoms with Crippen molar-refractivity contribution < 1.29 is 33.7 Å². The number of carbonyl (C=O) groups excluding carboxylic acids is 4. The Morgan fingerprint density at radius 1 is 1.32 bits per heavy atom. The Bertz CT molecular complexity index is 1600. The van der Waals surface area contributed by atoms with Gasteiger partial charge >= 0.3 is 0 Å². The molecule has 0 aliphatic carbocycles. The molecule has 3 amide bonds. The van der Waals surface area contributed by atoms with Crippen LogP contribution in [-0.2, 0) is 30.6 Å². The molecular weight excluding hydrogens is 581 g/mol. The summed E-state index contributed by atoms with van der Waals surface area (Å²) >= 11 is 3.85. The number of rotatable bonds is 10. The number of aromatic nitrogens is 2. The summed E-state index contributed by atoms with van der Waals surface area (Å²) in [6, 6.07) is 2.69. The number of carbonyl (C=O) groups is 4. The second kappa shape index (κ2) is 11.1. The number of fused-ring (bicyclic) bond motifs is 2. The highest BCUT2D eigenvalue weighted by Gasteiger charge is 2.53. The first-order valence-electron chi connectivity index (χ1n) is 11.6. The standard InChI is InChI=1S/C23H22N8O6S3/c1-37-29-15(13-9-40-23(25)27-13)18(33)28-16-19(34)31-17(22(35)36)10(7-38-21(16)31)6-30-4-2-3-11-12(8-39-20(11)30)26-5-14(24)32/h2-4,8-9,16,21,26H,5-7H2,1H3,(H5-,24,25,27,28,32,33,35,36)/b29-15-/t16?,21-/m1/s1. The number of hydrogen-bond donors (Lipinski definition) is 4. The van der Waals surface area contributed by atoms with Gasteiger partial charge in [0.05, 0.1) is 29.3 Å². The fourth-order valence-corrected chi connectivity index (χ4v) is 7.28. The highest BCUT2D eigenvalue weighted by atomic mass is 32.2. The molecule has 17 heteroatoms. The van der Waals surface area contributed by atoms with Crippen LogP contribution in [0.5, 0.6) is 0 Å². The number of nitrogens with two attached hydrogens (primary N) is 2. The first-order valence-corrected chi connectivity index (χ1v) is 14.4. The van der Waals surface area contributed by atoms with Crippen LogP contribution in [0, 0.1) is 0 Å². The van der Waals surface area contributed by atoms with E-state index in [0.29, 0.717) is 5.57 Å². The van der Waals surface area contributed by atoms with Gasteiger partial charge < -0.3 is 36.8 Å². The van der Waals surface area contributed by atoms with E-state index in [9.17, 15) is 24.3 Å². The van der Waals surface area contributed by atoms with Gasteiger partial charge in [-0.25, -0.2) is 4.98 Å². The van der Waals surface area contributed by atoms with Crippen molar-refractivity contribution in [3.05, 3.63) is 46.1 Å². The number of nitrogen functional groups attached to an aromatic ring is 1. The largest absolute Gasteiger partial charge is 0.543 e. The third-order valence-corrected chi connectivity index (χ3v) is 9.15. The topological polar surface area (TPSA) is 209 Å². The minimum Gasteiger partial charge on any atom is -0.543 e. The van der Waals surface area contributed by atoms with Gasteiger partial charge in [-0.1, -0.05) is 16.5 Å². The molecule has 6 N–H and O–H groups in total. The van der Waals surface area contributed by atoms with Gasteiger partial charge in [-0.3, -0.25) is 19.3 Å². The smallest absolute Gasteiger partial charge is 0.276 e. The second-order valence-electron chi connectivity index (χ2n) is 8.62. The Hall–Kier alpha value is -4.22. The maximum Gasteiger partial charge on any atom is 0.276 e. The molecular formula is C23H22N8O6S3. The number of amides is 3. The lowest BCUT2D eigenvalue weighted by Crippen LogP contribution is -2.71. The molecule has 0 aromatic carbocycles. The van der Waals surface area contributed by atoms with E-state index in [2.05, 4.69) is 20.8 Å². The van der Waals surface area contributed by atoms with E-state index < -0.39 is 35.1 Å². The number of anilines is 2. The van der Waals surface area contributed by atoms with Crippen molar-refractivity contribution in [3.8, 4) is 0 Å². The Morgan fingerprint density at radius 2 is 2.12 bits per heavy atom. The third kappa shape index (κ3) is 5.05. The molecule has 1 saturated heterocycles. The summed E-state index contributed by atoms with van der Waals surface area (Å²) in [6.07, 6.45) is 1.80. The minimum atomic E-state index is -1.49. The number of β-lactam (4-membered cyclic amide) rings is 1. The number of primary amides is 1. The number of thiophene rings is 1. The lowest BCUT2D eigenvalue weighted by molar-refractivity contribution is -0.661. The summed E-state index contributed by atoms with van der Waals surface area (Å²) in [7, 11) is 1.27. The number of carboxylic acid groups (broad SMARTS) is 1. The number of thioether (sulfide) groups is 1. The Balaban J connectivity index is 1.37. The van der Waals surface area contributed by atoms with E-state index in [-0.39, 0.29) is 41.1 Å². The van der Waals surface area contributed by atoms with Gasteiger partial charge in [0.25, 0.3) is 16.6 Å².